The van der Waals surface area contributed by atoms with Crippen molar-refractivity contribution in [3.63, 3.8) is 0 Å². The maximum absolute atomic E-state index is 13.0. The molecule has 1 aromatic rings. The lowest BCUT2D eigenvalue weighted by atomic mass is 9.54. The second-order valence-corrected chi connectivity index (χ2v) is 9.79. The Morgan fingerprint density at radius 1 is 1.13 bits per heavy atom. The van der Waals surface area contributed by atoms with E-state index >= 15 is 0 Å². The molecular weight excluding hydrogens is 398 g/mol. The molecule has 4 aliphatic carbocycles. The maximum Gasteiger partial charge on any atom is 0.270 e. The third-order valence-electron chi connectivity index (χ3n) is 7.72. The summed E-state index contributed by atoms with van der Waals surface area (Å²) < 4.78 is 5.75. The largest absolute Gasteiger partial charge is 0.366 e. The molecule has 1 N–H and O–H groups in total. The molecule has 1 unspecified atom stereocenters. The molecule has 1 atom stereocenters. The Balaban J connectivity index is 1.18. The summed E-state index contributed by atoms with van der Waals surface area (Å²) >= 11 is 0. The molecule has 4 bridgehead atoms. The number of ketones is 1. The number of ether oxygens (including phenoxy) is 1. The highest BCUT2D eigenvalue weighted by Gasteiger charge is 2.49. The Kier molecular flexibility index (Phi) is 5.52. The lowest BCUT2D eigenvalue weighted by molar-refractivity contribution is -0.384. The second-order valence-electron chi connectivity index (χ2n) is 9.79. The van der Waals surface area contributed by atoms with Crippen LogP contribution in [0.1, 0.15) is 42.5 Å². The van der Waals surface area contributed by atoms with Crippen LogP contribution in [0.25, 0.3) is 0 Å². The standard InChI is InChI=1S/C23H29N3O5/c27-20(16-2-1-3-19(11-16)26(29)30)12-25-4-5-31-21(13-25)23(28)24-22-17-7-14-6-15(9-17)10-18(22)8-14/h1-3,11,14-15,17-18,21-22H,4-10,12-13H2,(H,24,28). The maximum atomic E-state index is 13.0. The van der Waals surface area contributed by atoms with Crippen LogP contribution in [0.4, 0.5) is 5.69 Å². The van der Waals surface area contributed by atoms with E-state index in [9.17, 15) is 19.7 Å². The monoisotopic (exact) mass is 427 g/mol. The summed E-state index contributed by atoms with van der Waals surface area (Å²) in [5.41, 5.74) is 0.219. The molecule has 0 spiro atoms. The van der Waals surface area contributed by atoms with E-state index < -0.39 is 11.0 Å². The fourth-order valence-corrected chi connectivity index (χ4v) is 6.51. The van der Waals surface area contributed by atoms with E-state index in [1.807, 2.05) is 4.90 Å². The highest BCUT2D eigenvalue weighted by molar-refractivity contribution is 5.98. The Morgan fingerprint density at radius 3 is 2.52 bits per heavy atom. The zero-order chi connectivity index (χ0) is 21.5. The van der Waals surface area contributed by atoms with Gasteiger partial charge in [0.25, 0.3) is 11.6 Å². The smallest absolute Gasteiger partial charge is 0.270 e. The van der Waals surface area contributed by atoms with Gasteiger partial charge in [0.05, 0.1) is 18.1 Å². The Morgan fingerprint density at radius 2 is 1.84 bits per heavy atom. The summed E-state index contributed by atoms with van der Waals surface area (Å²) in [6.45, 7) is 1.43. The molecule has 1 aliphatic heterocycles. The number of Topliss-reactive ketones (excluding diaryl/α,β-unsaturated/α-hetero) is 1. The van der Waals surface area contributed by atoms with Gasteiger partial charge >= 0.3 is 0 Å². The molecule has 1 aromatic carbocycles. The van der Waals surface area contributed by atoms with Gasteiger partial charge in [0, 0.05) is 36.8 Å². The molecule has 4 saturated carbocycles. The molecule has 8 heteroatoms. The van der Waals surface area contributed by atoms with E-state index in [1.54, 1.807) is 6.07 Å². The third-order valence-corrected chi connectivity index (χ3v) is 7.72. The molecule has 8 nitrogen and oxygen atoms in total. The predicted octanol–water partition coefficient (Wildman–Crippen LogP) is 2.42. The number of nitrogens with one attached hydrogen (secondary N) is 1. The highest BCUT2D eigenvalue weighted by Crippen LogP contribution is 2.53. The minimum Gasteiger partial charge on any atom is -0.366 e. The number of carbonyl (C=O) groups is 2. The van der Waals surface area contributed by atoms with Crippen LogP contribution >= 0.6 is 0 Å². The summed E-state index contributed by atoms with van der Waals surface area (Å²) in [4.78, 5) is 38.0. The van der Waals surface area contributed by atoms with Crippen molar-refractivity contribution in [1.29, 1.82) is 0 Å². The van der Waals surface area contributed by atoms with E-state index in [1.165, 1.54) is 50.3 Å². The topological polar surface area (TPSA) is 102 Å². The first-order valence-electron chi connectivity index (χ1n) is 11.4. The number of nitrogens with zero attached hydrogens (tertiary/aromatic N) is 2. The average molecular weight is 428 g/mol. The van der Waals surface area contributed by atoms with E-state index in [0.29, 0.717) is 37.1 Å². The number of hydrogen-bond donors (Lipinski definition) is 1. The van der Waals surface area contributed by atoms with Crippen molar-refractivity contribution in [1.82, 2.24) is 10.2 Å². The van der Waals surface area contributed by atoms with Gasteiger partial charge in [0.2, 0.25) is 0 Å². The van der Waals surface area contributed by atoms with Crippen LogP contribution in [0.15, 0.2) is 24.3 Å². The molecule has 0 aromatic heterocycles. The van der Waals surface area contributed by atoms with Gasteiger partial charge in [-0.2, -0.15) is 0 Å². The molecule has 0 radical (unpaired) electrons. The molecule has 5 aliphatic rings. The van der Waals surface area contributed by atoms with Gasteiger partial charge in [-0.3, -0.25) is 24.6 Å². The van der Waals surface area contributed by atoms with Crippen molar-refractivity contribution in [2.24, 2.45) is 23.7 Å². The number of amides is 1. The van der Waals surface area contributed by atoms with Crippen LogP contribution < -0.4 is 5.32 Å². The molecule has 1 amide bonds. The van der Waals surface area contributed by atoms with E-state index in [4.69, 9.17) is 4.74 Å². The summed E-state index contributed by atoms with van der Waals surface area (Å²) in [7, 11) is 0. The van der Waals surface area contributed by atoms with Gasteiger partial charge in [-0.1, -0.05) is 12.1 Å². The van der Waals surface area contributed by atoms with E-state index in [2.05, 4.69) is 5.32 Å². The van der Waals surface area contributed by atoms with Crippen LogP contribution in [-0.4, -0.2) is 59.9 Å². The zero-order valence-electron chi connectivity index (χ0n) is 17.6. The number of carbonyl (C=O) groups excluding carboxylic acids is 2. The number of nitro groups is 1. The zero-order valence-corrected chi connectivity index (χ0v) is 17.6. The molecular formula is C23H29N3O5. The predicted molar refractivity (Wildman–Crippen MR) is 113 cm³/mol. The van der Waals surface area contributed by atoms with Gasteiger partial charge in [-0.05, 0) is 55.8 Å². The lowest BCUT2D eigenvalue weighted by Gasteiger charge is -2.54. The van der Waals surface area contributed by atoms with Crippen LogP contribution in [0.2, 0.25) is 0 Å². The SMILES string of the molecule is O=C(CN1CCOC(C(=O)NC2C3CC4CC(C3)CC2C4)C1)c1cccc([N+](=O)[O-])c1. The molecule has 6 rings (SSSR count). The number of nitro benzene ring substituents is 1. The first-order chi connectivity index (χ1) is 15.0. The lowest BCUT2D eigenvalue weighted by Crippen LogP contribution is -2.59. The second kappa shape index (κ2) is 8.31. The molecule has 1 heterocycles. The quantitative estimate of drug-likeness (QED) is 0.425. The van der Waals surface area contributed by atoms with Crippen LogP contribution in [0, 0.1) is 33.8 Å². The fraction of sp³-hybridized carbons (Fsp3) is 0.652. The normalized spacial score (nSPS) is 34.5. The van der Waals surface area contributed by atoms with E-state index in [0.717, 1.165) is 11.8 Å². The summed E-state index contributed by atoms with van der Waals surface area (Å²) in [6, 6.07) is 6.05. The molecule has 1 saturated heterocycles. The average Bonchev–Trinajstić information content (AvgIpc) is 2.76. The first-order valence-corrected chi connectivity index (χ1v) is 11.4. The van der Waals surface area contributed by atoms with E-state index in [-0.39, 0.29) is 30.0 Å². The molecule has 5 fully saturated rings. The number of morpholine rings is 1. The van der Waals surface area contributed by atoms with Crippen molar-refractivity contribution in [2.45, 2.75) is 44.2 Å². The van der Waals surface area contributed by atoms with Crippen molar-refractivity contribution < 1.29 is 19.2 Å². The third kappa shape index (κ3) is 4.23. The van der Waals surface area contributed by atoms with Crippen LogP contribution in [-0.2, 0) is 9.53 Å². The summed E-state index contributed by atoms with van der Waals surface area (Å²) in [5.74, 6) is 2.68. The van der Waals surface area contributed by atoms with Crippen molar-refractivity contribution in [3.8, 4) is 0 Å². The fourth-order valence-electron chi connectivity index (χ4n) is 6.51. The summed E-state index contributed by atoms with van der Waals surface area (Å²) in [5, 5.41) is 14.3. The van der Waals surface area contributed by atoms with Gasteiger partial charge < -0.3 is 10.1 Å². The Labute approximate surface area is 181 Å². The van der Waals surface area contributed by atoms with Crippen molar-refractivity contribution in [2.75, 3.05) is 26.2 Å². The van der Waals surface area contributed by atoms with Gasteiger partial charge in [-0.25, -0.2) is 0 Å². The van der Waals surface area contributed by atoms with Gasteiger partial charge in [0.1, 0.15) is 6.10 Å². The number of hydrogen-bond acceptors (Lipinski definition) is 6. The number of non-ortho nitro benzene ring substituents is 1. The molecule has 166 valence electrons. The highest BCUT2D eigenvalue weighted by atomic mass is 16.6. The minimum atomic E-state index is -0.580. The van der Waals surface area contributed by atoms with Crippen molar-refractivity contribution >= 4 is 17.4 Å². The van der Waals surface area contributed by atoms with Crippen LogP contribution in [0.3, 0.4) is 0 Å². The Bertz CT molecular complexity index is 860. The van der Waals surface area contributed by atoms with Crippen LogP contribution in [0.5, 0.6) is 0 Å². The Hall–Kier alpha value is -2.32. The number of benzene rings is 1. The van der Waals surface area contributed by atoms with Gasteiger partial charge in [-0.15, -0.1) is 0 Å². The van der Waals surface area contributed by atoms with Crippen molar-refractivity contribution in [3.05, 3.63) is 39.9 Å². The minimum absolute atomic E-state index is 0.0648. The first kappa shape index (κ1) is 20.6. The summed E-state index contributed by atoms with van der Waals surface area (Å²) in [6.07, 6.45) is 5.78. The van der Waals surface area contributed by atoms with Gasteiger partial charge in [0.15, 0.2) is 5.78 Å². The number of rotatable bonds is 6. The molecule has 31 heavy (non-hydrogen) atoms.